The lowest BCUT2D eigenvalue weighted by atomic mass is 9.92. The number of rotatable bonds is 3. The minimum Gasteiger partial charge on any atom is -0.302 e. The molecule has 0 spiro atoms. The first-order valence-electron chi connectivity index (χ1n) is 6.41. The summed E-state index contributed by atoms with van der Waals surface area (Å²) in [4.78, 5) is 5.44. The first-order valence-corrected chi connectivity index (χ1v) is 7.29. The number of aromatic nitrogens is 3. The second-order valence-electron chi connectivity index (χ2n) is 4.91. The Bertz CT molecular complexity index is 517. The Hall–Kier alpha value is -1.20. The fourth-order valence-corrected chi connectivity index (χ4v) is 3.34. The van der Waals surface area contributed by atoms with E-state index in [1.807, 2.05) is 29.6 Å². The van der Waals surface area contributed by atoms with Crippen molar-refractivity contribution in [1.82, 2.24) is 20.1 Å². The van der Waals surface area contributed by atoms with Gasteiger partial charge < -0.3 is 5.32 Å². The molecule has 1 aliphatic carbocycles. The third-order valence-electron chi connectivity index (χ3n) is 3.71. The van der Waals surface area contributed by atoms with Crippen molar-refractivity contribution < 1.29 is 0 Å². The van der Waals surface area contributed by atoms with Gasteiger partial charge in [-0.3, -0.25) is 9.67 Å². The van der Waals surface area contributed by atoms with Crippen LogP contribution in [0, 0.1) is 0 Å². The molecule has 0 bridgehead atoms. The summed E-state index contributed by atoms with van der Waals surface area (Å²) in [7, 11) is 2.04. The molecule has 2 heterocycles. The van der Waals surface area contributed by atoms with Gasteiger partial charge >= 0.3 is 0 Å². The van der Waals surface area contributed by atoms with Gasteiger partial charge in [-0.15, -0.1) is 11.3 Å². The predicted molar refractivity (Wildman–Crippen MR) is 72.6 cm³/mol. The van der Waals surface area contributed by atoms with Crippen molar-refractivity contribution in [2.24, 2.45) is 7.05 Å². The van der Waals surface area contributed by atoms with Crippen molar-refractivity contribution in [1.29, 1.82) is 0 Å². The molecule has 3 rings (SSSR count). The minimum absolute atomic E-state index is 0.355. The first kappa shape index (κ1) is 11.9. The van der Waals surface area contributed by atoms with E-state index in [2.05, 4.69) is 22.3 Å². The van der Waals surface area contributed by atoms with Crippen molar-refractivity contribution in [3.63, 3.8) is 0 Å². The van der Waals surface area contributed by atoms with Gasteiger partial charge in [0.25, 0.3) is 0 Å². The van der Waals surface area contributed by atoms with Crippen molar-refractivity contribution in [2.75, 3.05) is 0 Å². The molecule has 0 saturated heterocycles. The molecule has 96 valence electrons. The molecule has 0 aliphatic heterocycles. The lowest BCUT2D eigenvalue weighted by Crippen LogP contribution is -2.27. The molecule has 2 atom stereocenters. The molecule has 18 heavy (non-hydrogen) atoms. The smallest absolute Gasteiger partial charge is 0.0794 e. The Morgan fingerprint density at radius 2 is 2.39 bits per heavy atom. The summed E-state index contributed by atoms with van der Waals surface area (Å²) < 4.78 is 2.01. The lowest BCUT2D eigenvalue weighted by molar-refractivity contribution is 0.413. The van der Waals surface area contributed by atoms with Crippen molar-refractivity contribution in [2.45, 2.75) is 38.3 Å². The SMILES string of the molecule is CC(NC1CCCc2c1cnn2C)c1cncs1. The van der Waals surface area contributed by atoms with Crippen LogP contribution < -0.4 is 5.32 Å². The topological polar surface area (TPSA) is 42.7 Å². The van der Waals surface area contributed by atoms with E-state index in [0.29, 0.717) is 12.1 Å². The zero-order valence-corrected chi connectivity index (χ0v) is 11.6. The lowest BCUT2D eigenvalue weighted by Gasteiger charge is -2.26. The molecule has 0 radical (unpaired) electrons. The Balaban J connectivity index is 1.78. The molecule has 1 aliphatic rings. The number of nitrogens with zero attached hydrogens (tertiary/aromatic N) is 3. The maximum Gasteiger partial charge on any atom is 0.0794 e. The second kappa shape index (κ2) is 4.82. The number of hydrogen-bond donors (Lipinski definition) is 1. The van der Waals surface area contributed by atoms with E-state index in [-0.39, 0.29) is 0 Å². The molecule has 1 N–H and O–H groups in total. The van der Waals surface area contributed by atoms with E-state index < -0.39 is 0 Å². The summed E-state index contributed by atoms with van der Waals surface area (Å²) in [5, 5.41) is 8.09. The summed E-state index contributed by atoms with van der Waals surface area (Å²) in [5.41, 5.74) is 4.65. The van der Waals surface area contributed by atoms with Crippen molar-refractivity contribution >= 4 is 11.3 Å². The Morgan fingerprint density at radius 3 is 3.17 bits per heavy atom. The molecule has 2 aromatic heterocycles. The van der Waals surface area contributed by atoms with E-state index in [4.69, 9.17) is 0 Å². The van der Waals surface area contributed by atoms with Gasteiger partial charge in [-0.05, 0) is 26.2 Å². The Morgan fingerprint density at radius 1 is 1.50 bits per heavy atom. The van der Waals surface area contributed by atoms with Crippen LogP contribution in [-0.4, -0.2) is 14.8 Å². The predicted octanol–water partition coefficient (Wildman–Crippen LogP) is 2.60. The number of fused-ring (bicyclic) bond motifs is 1. The summed E-state index contributed by atoms with van der Waals surface area (Å²) in [6.45, 7) is 2.21. The van der Waals surface area contributed by atoms with Gasteiger partial charge in [0.1, 0.15) is 0 Å². The third kappa shape index (κ3) is 2.08. The van der Waals surface area contributed by atoms with Gasteiger partial charge in [0.15, 0.2) is 0 Å². The molecule has 0 fully saturated rings. The van der Waals surface area contributed by atoms with Gasteiger partial charge in [-0.25, -0.2) is 0 Å². The summed E-state index contributed by atoms with van der Waals surface area (Å²) in [6.07, 6.45) is 7.56. The minimum atomic E-state index is 0.355. The summed E-state index contributed by atoms with van der Waals surface area (Å²) in [6, 6.07) is 0.785. The van der Waals surface area contributed by atoms with E-state index in [1.54, 1.807) is 11.3 Å². The van der Waals surface area contributed by atoms with Gasteiger partial charge in [0.05, 0.1) is 11.7 Å². The number of aryl methyl sites for hydroxylation is 1. The van der Waals surface area contributed by atoms with Crippen LogP contribution in [0.4, 0.5) is 0 Å². The van der Waals surface area contributed by atoms with Crippen LogP contribution in [0.1, 0.15) is 48.0 Å². The van der Waals surface area contributed by atoms with Gasteiger partial charge in [0.2, 0.25) is 0 Å². The van der Waals surface area contributed by atoms with Crippen LogP contribution in [0.3, 0.4) is 0 Å². The largest absolute Gasteiger partial charge is 0.302 e. The van der Waals surface area contributed by atoms with Crippen LogP contribution >= 0.6 is 11.3 Å². The van der Waals surface area contributed by atoms with Crippen LogP contribution in [0.2, 0.25) is 0 Å². The number of nitrogens with one attached hydrogen (secondary N) is 1. The normalized spacial score (nSPS) is 20.7. The molecule has 0 saturated carbocycles. The highest BCUT2D eigenvalue weighted by atomic mass is 32.1. The molecular formula is C13H18N4S. The van der Waals surface area contributed by atoms with E-state index >= 15 is 0 Å². The highest BCUT2D eigenvalue weighted by Gasteiger charge is 2.24. The molecule has 5 heteroatoms. The highest BCUT2D eigenvalue weighted by Crippen LogP contribution is 2.31. The molecule has 2 unspecified atom stereocenters. The number of thiazole rings is 1. The number of hydrogen-bond acceptors (Lipinski definition) is 4. The molecule has 0 amide bonds. The average molecular weight is 262 g/mol. The molecular weight excluding hydrogens is 244 g/mol. The zero-order valence-electron chi connectivity index (χ0n) is 10.8. The first-order chi connectivity index (χ1) is 8.75. The fourth-order valence-electron chi connectivity index (χ4n) is 2.70. The van der Waals surface area contributed by atoms with E-state index in [0.717, 1.165) is 6.42 Å². The second-order valence-corrected chi connectivity index (χ2v) is 5.83. The third-order valence-corrected chi connectivity index (χ3v) is 4.66. The maximum atomic E-state index is 4.39. The van der Waals surface area contributed by atoms with Crippen LogP contribution in [0.25, 0.3) is 0 Å². The molecule has 4 nitrogen and oxygen atoms in total. The van der Waals surface area contributed by atoms with Crippen LogP contribution in [0.5, 0.6) is 0 Å². The maximum absolute atomic E-state index is 4.39. The van der Waals surface area contributed by atoms with Gasteiger partial charge in [-0.2, -0.15) is 5.10 Å². The molecule has 2 aromatic rings. The Labute approximate surface area is 111 Å². The van der Waals surface area contributed by atoms with E-state index in [9.17, 15) is 0 Å². The highest BCUT2D eigenvalue weighted by molar-refractivity contribution is 7.09. The fraction of sp³-hybridized carbons (Fsp3) is 0.538. The average Bonchev–Trinajstić information content (AvgIpc) is 3.00. The summed E-state index contributed by atoms with van der Waals surface area (Å²) >= 11 is 1.71. The standard InChI is InChI=1S/C13H18N4S/c1-9(13-7-14-8-18-13)16-11-4-3-5-12-10(11)6-15-17(12)2/h6-9,11,16H,3-5H2,1-2H3. The van der Waals surface area contributed by atoms with Gasteiger partial charge in [0, 0.05) is 41.5 Å². The van der Waals surface area contributed by atoms with E-state index in [1.165, 1.54) is 29.0 Å². The molecule has 0 aromatic carbocycles. The summed E-state index contributed by atoms with van der Waals surface area (Å²) in [5.74, 6) is 0. The zero-order chi connectivity index (χ0) is 12.5. The van der Waals surface area contributed by atoms with Crippen LogP contribution in [-0.2, 0) is 13.5 Å². The van der Waals surface area contributed by atoms with Gasteiger partial charge in [-0.1, -0.05) is 0 Å². The quantitative estimate of drug-likeness (QED) is 0.924. The van der Waals surface area contributed by atoms with Crippen molar-refractivity contribution in [3.05, 3.63) is 34.0 Å². The van der Waals surface area contributed by atoms with Crippen LogP contribution in [0.15, 0.2) is 17.9 Å². The monoisotopic (exact) mass is 262 g/mol. The van der Waals surface area contributed by atoms with Crippen molar-refractivity contribution in [3.8, 4) is 0 Å². The Kier molecular flexibility index (Phi) is 3.18.